The highest BCUT2D eigenvalue weighted by atomic mass is 16.2. The number of carbonyl (C=O) groups is 1. The van der Waals surface area contributed by atoms with Gasteiger partial charge in [0.25, 0.3) is 0 Å². The number of aryl methyl sites for hydroxylation is 2. The van der Waals surface area contributed by atoms with Gasteiger partial charge in [-0.25, -0.2) is 0 Å². The summed E-state index contributed by atoms with van der Waals surface area (Å²) in [4.78, 5) is 14.6. The molecule has 3 heteroatoms. The largest absolute Gasteiger partial charge is 0.342 e. The molecule has 1 atom stereocenters. The van der Waals surface area contributed by atoms with Gasteiger partial charge in [-0.2, -0.15) is 0 Å². The summed E-state index contributed by atoms with van der Waals surface area (Å²) >= 11 is 0. The highest BCUT2D eigenvalue weighted by molar-refractivity contribution is 5.79. The van der Waals surface area contributed by atoms with Crippen LogP contribution in [0.5, 0.6) is 0 Å². The van der Waals surface area contributed by atoms with Crippen molar-refractivity contribution in [1.82, 2.24) is 4.90 Å². The zero-order valence-corrected chi connectivity index (χ0v) is 12.7. The predicted octanol–water partition coefficient (Wildman–Crippen LogP) is 2.43. The number of piperidine rings is 1. The Morgan fingerprint density at radius 1 is 1.20 bits per heavy atom. The number of benzene rings is 1. The fourth-order valence-corrected chi connectivity index (χ4v) is 3.06. The second-order valence-electron chi connectivity index (χ2n) is 5.89. The number of nitrogens with zero attached hydrogens (tertiary/aromatic N) is 1. The molecular weight excluding hydrogens is 248 g/mol. The molecule has 110 valence electrons. The van der Waals surface area contributed by atoms with Crippen molar-refractivity contribution in [3.63, 3.8) is 0 Å². The summed E-state index contributed by atoms with van der Waals surface area (Å²) in [5, 5.41) is 0. The molecule has 0 spiro atoms. The van der Waals surface area contributed by atoms with Gasteiger partial charge in [-0.3, -0.25) is 4.79 Å². The molecule has 1 unspecified atom stereocenters. The van der Waals surface area contributed by atoms with Gasteiger partial charge in [-0.05, 0) is 56.2 Å². The van der Waals surface area contributed by atoms with Crippen LogP contribution in [-0.4, -0.2) is 30.4 Å². The van der Waals surface area contributed by atoms with Crippen LogP contribution in [0.4, 0.5) is 0 Å². The Morgan fingerprint density at radius 2 is 1.80 bits per heavy atom. The molecule has 0 radical (unpaired) electrons. The maximum atomic E-state index is 12.6. The smallest absolute Gasteiger partial charge is 0.227 e. The SMILES string of the molecule is Cc1cccc(C)c1CC(CN)C(=O)N1CCCCC1. The average molecular weight is 274 g/mol. The van der Waals surface area contributed by atoms with Gasteiger partial charge in [-0.15, -0.1) is 0 Å². The van der Waals surface area contributed by atoms with E-state index in [0.29, 0.717) is 6.54 Å². The van der Waals surface area contributed by atoms with Crippen LogP contribution in [0.15, 0.2) is 18.2 Å². The normalized spacial score (nSPS) is 17.1. The summed E-state index contributed by atoms with van der Waals surface area (Å²) in [5.41, 5.74) is 9.68. The molecule has 1 aromatic rings. The number of amides is 1. The molecule has 1 amide bonds. The first kappa shape index (κ1) is 15.0. The maximum Gasteiger partial charge on any atom is 0.227 e. The minimum atomic E-state index is -0.0760. The Bertz CT molecular complexity index is 444. The van der Waals surface area contributed by atoms with E-state index in [1.807, 2.05) is 4.90 Å². The second kappa shape index (κ2) is 6.89. The molecule has 1 fully saturated rings. The Morgan fingerprint density at radius 3 is 2.35 bits per heavy atom. The van der Waals surface area contributed by atoms with Gasteiger partial charge in [-0.1, -0.05) is 18.2 Å². The van der Waals surface area contributed by atoms with Crippen molar-refractivity contribution < 1.29 is 4.79 Å². The predicted molar refractivity (Wildman–Crippen MR) is 82.6 cm³/mol. The van der Waals surface area contributed by atoms with Gasteiger partial charge in [0, 0.05) is 19.6 Å². The van der Waals surface area contributed by atoms with Gasteiger partial charge in [0.15, 0.2) is 0 Å². The van der Waals surface area contributed by atoms with Crippen LogP contribution in [-0.2, 0) is 11.2 Å². The molecule has 0 aromatic heterocycles. The van der Waals surface area contributed by atoms with Crippen LogP contribution in [0.1, 0.15) is 36.0 Å². The molecule has 0 aliphatic carbocycles. The minimum Gasteiger partial charge on any atom is -0.342 e. The van der Waals surface area contributed by atoms with Crippen LogP contribution < -0.4 is 5.73 Å². The lowest BCUT2D eigenvalue weighted by Gasteiger charge is -2.30. The van der Waals surface area contributed by atoms with Crippen molar-refractivity contribution in [2.75, 3.05) is 19.6 Å². The molecular formula is C17H26N2O. The van der Waals surface area contributed by atoms with Crippen molar-refractivity contribution in [1.29, 1.82) is 0 Å². The highest BCUT2D eigenvalue weighted by Crippen LogP contribution is 2.20. The molecule has 0 bridgehead atoms. The van der Waals surface area contributed by atoms with E-state index >= 15 is 0 Å². The summed E-state index contributed by atoms with van der Waals surface area (Å²) in [6, 6.07) is 6.29. The van der Waals surface area contributed by atoms with E-state index in [2.05, 4.69) is 32.0 Å². The van der Waals surface area contributed by atoms with Crippen molar-refractivity contribution in [3.05, 3.63) is 34.9 Å². The lowest BCUT2D eigenvalue weighted by atomic mass is 9.91. The molecule has 2 N–H and O–H groups in total. The van der Waals surface area contributed by atoms with Gasteiger partial charge in [0.1, 0.15) is 0 Å². The molecule has 1 heterocycles. The van der Waals surface area contributed by atoms with Crippen molar-refractivity contribution in [2.24, 2.45) is 11.7 Å². The third-order valence-electron chi connectivity index (χ3n) is 4.40. The zero-order chi connectivity index (χ0) is 14.5. The van der Waals surface area contributed by atoms with Crippen LogP contribution in [0, 0.1) is 19.8 Å². The summed E-state index contributed by atoms with van der Waals surface area (Å²) < 4.78 is 0. The van der Waals surface area contributed by atoms with Crippen LogP contribution in [0.2, 0.25) is 0 Å². The van der Waals surface area contributed by atoms with Crippen LogP contribution in [0.25, 0.3) is 0 Å². The number of hydrogen-bond donors (Lipinski definition) is 1. The van der Waals surface area contributed by atoms with Gasteiger partial charge < -0.3 is 10.6 Å². The highest BCUT2D eigenvalue weighted by Gasteiger charge is 2.25. The number of nitrogens with two attached hydrogens (primary N) is 1. The first-order valence-corrected chi connectivity index (χ1v) is 7.67. The third-order valence-corrected chi connectivity index (χ3v) is 4.40. The summed E-state index contributed by atoms with van der Waals surface area (Å²) in [6.45, 7) is 6.47. The Hall–Kier alpha value is -1.35. The number of hydrogen-bond acceptors (Lipinski definition) is 2. The lowest BCUT2D eigenvalue weighted by Crippen LogP contribution is -2.42. The van der Waals surface area contributed by atoms with E-state index in [0.717, 1.165) is 32.4 Å². The van der Waals surface area contributed by atoms with E-state index in [1.165, 1.54) is 23.1 Å². The lowest BCUT2D eigenvalue weighted by molar-refractivity contribution is -0.136. The first-order chi connectivity index (χ1) is 9.63. The van der Waals surface area contributed by atoms with Crippen LogP contribution in [0.3, 0.4) is 0 Å². The maximum absolute atomic E-state index is 12.6. The molecule has 0 saturated carbocycles. The molecule has 3 nitrogen and oxygen atoms in total. The van der Waals surface area contributed by atoms with E-state index in [1.54, 1.807) is 0 Å². The average Bonchev–Trinajstić information content (AvgIpc) is 2.47. The quantitative estimate of drug-likeness (QED) is 0.916. The number of rotatable bonds is 4. The summed E-state index contributed by atoms with van der Waals surface area (Å²) in [5.74, 6) is 0.169. The van der Waals surface area contributed by atoms with Crippen molar-refractivity contribution >= 4 is 5.91 Å². The second-order valence-corrected chi connectivity index (χ2v) is 5.89. The van der Waals surface area contributed by atoms with Crippen molar-refractivity contribution in [2.45, 2.75) is 39.5 Å². The summed E-state index contributed by atoms with van der Waals surface area (Å²) in [7, 11) is 0. The Labute approximate surface area is 122 Å². The van der Waals surface area contributed by atoms with E-state index in [4.69, 9.17) is 5.73 Å². The Kier molecular flexibility index (Phi) is 5.18. The van der Waals surface area contributed by atoms with Crippen LogP contribution >= 0.6 is 0 Å². The van der Waals surface area contributed by atoms with Gasteiger partial charge in [0.05, 0.1) is 5.92 Å². The zero-order valence-electron chi connectivity index (χ0n) is 12.7. The standard InChI is InChI=1S/C17H26N2O/c1-13-7-6-8-14(2)16(13)11-15(12-18)17(20)19-9-4-3-5-10-19/h6-8,15H,3-5,9-12,18H2,1-2H3. The topological polar surface area (TPSA) is 46.3 Å². The molecule has 2 rings (SSSR count). The Balaban J connectivity index is 2.10. The van der Waals surface area contributed by atoms with Gasteiger partial charge >= 0.3 is 0 Å². The third kappa shape index (κ3) is 3.40. The first-order valence-electron chi connectivity index (χ1n) is 7.67. The van der Waals surface area contributed by atoms with E-state index in [-0.39, 0.29) is 11.8 Å². The monoisotopic (exact) mass is 274 g/mol. The fraction of sp³-hybridized carbons (Fsp3) is 0.588. The molecule has 1 saturated heterocycles. The van der Waals surface area contributed by atoms with E-state index < -0.39 is 0 Å². The molecule has 20 heavy (non-hydrogen) atoms. The summed E-state index contributed by atoms with van der Waals surface area (Å²) in [6.07, 6.45) is 4.27. The molecule has 1 aliphatic heterocycles. The van der Waals surface area contributed by atoms with E-state index in [9.17, 15) is 4.79 Å². The minimum absolute atomic E-state index is 0.0760. The molecule has 1 aromatic carbocycles. The number of carbonyl (C=O) groups excluding carboxylic acids is 1. The van der Waals surface area contributed by atoms with Gasteiger partial charge in [0.2, 0.25) is 5.91 Å². The molecule has 1 aliphatic rings. The fourth-order valence-electron chi connectivity index (χ4n) is 3.06. The number of likely N-dealkylation sites (tertiary alicyclic amines) is 1. The van der Waals surface area contributed by atoms with Crippen molar-refractivity contribution in [3.8, 4) is 0 Å².